The van der Waals surface area contributed by atoms with E-state index in [9.17, 15) is 9.59 Å². The number of imide groups is 1. The molecule has 0 aliphatic carbocycles. The standard InChI is InChI=1S/C11H19N3O2/c1-7-4-3-5-8(2)14(7)13-9-6-10(15)12-11(9)16/h7-9,13H,3-6H2,1-2H3,(H,12,15,16). The van der Waals surface area contributed by atoms with E-state index in [0.717, 1.165) is 12.8 Å². The Bertz CT molecular complexity index is 296. The summed E-state index contributed by atoms with van der Waals surface area (Å²) in [5, 5.41) is 4.45. The van der Waals surface area contributed by atoms with Crippen LogP contribution in [0.25, 0.3) is 0 Å². The number of carbonyl (C=O) groups is 2. The van der Waals surface area contributed by atoms with Crippen molar-refractivity contribution in [2.75, 3.05) is 0 Å². The number of amides is 2. The SMILES string of the molecule is CC1CCCC(C)N1NC1CC(=O)NC1=O. The molecule has 0 radical (unpaired) electrons. The van der Waals surface area contributed by atoms with E-state index in [1.807, 2.05) is 0 Å². The first kappa shape index (κ1) is 11.5. The second kappa shape index (κ2) is 4.51. The lowest BCUT2D eigenvalue weighted by Gasteiger charge is -2.40. The number of hydrogen-bond donors (Lipinski definition) is 2. The van der Waals surface area contributed by atoms with Gasteiger partial charge in [-0.05, 0) is 26.7 Å². The van der Waals surface area contributed by atoms with Crippen molar-refractivity contribution in [3.63, 3.8) is 0 Å². The van der Waals surface area contributed by atoms with Crippen LogP contribution in [0.2, 0.25) is 0 Å². The molecule has 2 saturated heterocycles. The predicted octanol–water partition coefficient (Wildman–Crippen LogP) is 0.169. The molecule has 2 fully saturated rings. The van der Waals surface area contributed by atoms with Crippen LogP contribution in [0.15, 0.2) is 0 Å². The van der Waals surface area contributed by atoms with E-state index in [1.165, 1.54) is 6.42 Å². The summed E-state index contributed by atoms with van der Waals surface area (Å²) in [6.07, 6.45) is 3.77. The molecule has 5 heteroatoms. The quantitative estimate of drug-likeness (QED) is 0.658. The van der Waals surface area contributed by atoms with Crippen molar-refractivity contribution < 1.29 is 9.59 Å². The van der Waals surface area contributed by atoms with Crippen LogP contribution < -0.4 is 10.7 Å². The Morgan fingerprint density at radius 1 is 1.25 bits per heavy atom. The molecule has 2 rings (SSSR count). The van der Waals surface area contributed by atoms with Gasteiger partial charge in [-0.1, -0.05) is 6.42 Å². The van der Waals surface area contributed by atoms with E-state index >= 15 is 0 Å². The van der Waals surface area contributed by atoms with Crippen LogP contribution in [0.3, 0.4) is 0 Å². The molecule has 0 aromatic rings. The van der Waals surface area contributed by atoms with Crippen molar-refractivity contribution >= 4 is 11.8 Å². The second-order valence-electron chi connectivity index (χ2n) is 4.83. The molecule has 2 heterocycles. The van der Waals surface area contributed by atoms with Crippen LogP contribution in [0, 0.1) is 0 Å². The third kappa shape index (κ3) is 2.25. The van der Waals surface area contributed by atoms with Crippen molar-refractivity contribution in [1.29, 1.82) is 0 Å². The first-order valence-corrected chi connectivity index (χ1v) is 5.96. The summed E-state index contributed by atoms with van der Waals surface area (Å²) in [6, 6.07) is 0.468. The summed E-state index contributed by atoms with van der Waals surface area (Å²) in [4.78, 5) is 22.5. The maximum Gasteiger partial charge on any atom is 0.245 e. The number of rotatable bonds is 2. The predicted molar refractivity (Wildman–Crippen MR) is 59.3 cm³/mol. The third-order valence-electron chi connectivity index (χ3n) is 3.47. The Morgan fingerprint density at radius 3 is 2.38 bits per heavy atom. The highest BCUT2D eigenvalue weighted by Gasteiger charge is 2.34. The van der Waals surface area contributed by atoms with Crippen molar-refractivity contribution in [1.82, 2.24) is 15.8 Å². The number of carbonyl (C=O) groups excluding carboxylic acids is 2. The number of hydrogen-bond acceptors (Lipinski definition) is 4. The zero-order valence-electron chi connectivity index (χ0n) is 9.82. The minimum absolute atomic E-state index is 0.181. The molecule has 2 aliphatic heterocycles. The Morgan fingerprint density at radius 2 is 1.88 bits per heavy atom. The fourth-order valence-corrected chi connectivity index (χ4v) is 2.51. The van der Waals surface area contributed by atoms with Crippen LogP contribution in [-0.4, -0.2) is 34.9 Å². The van der Waals surface area contributed by atoms with Crippen molar-refractivity contribution in [3.05, 3.63) is 0 Å². The fourth-order valence-electron chi connectivity index (χ4n) is 2.51. The molecule has 2 aliphatic rings. The van der Waals surface area contributed by atoms with E-state index in [2.05, 4.69) is 29.6 Å². The summed E-state index contributed by atoms with van der Waals surface area (Å²) in [5.41, 5.74) is 3.20. The van der Waals surface area contributed by atoms with E-state index in [1.54, 1.807) is 0 Å². The summed E-state index contributed by atoms with van der Waals surface area (Å²) in [6.45, 7) is 4.30. The smallest absolute Gasteiger partial charge is 0.245 e. The highest BCUT2D eigenvalue weighted by molar-refractivity contribution is 6.05. The van der Waals surface area contributed by atoms with Gasteiger partial charge in [0, 0.05) is 12.1 Å². The molecule has 0 bridgehead atoms. The molecule has 2 N–H and O–H groups in total. The van der Waals surface area contributed by atoms with Gasteiger partial charge < -0.3 is 0 Å². The molecule has 3 unspecified atom stereocenters. The van der Waals surface area contributed by atoms with Gasteiger partial charge in [-0.15, -0.1) is 0 Å². The highest BCUT2D eigenvalue weighted by Crippen LogP contribution is 2.21. The maximum atomic E-state index is 11.5. The van der Waals surface area contributed by atoms with E-state index in [4.69, 9.17) is 0 Å². The molecular formula is C11H19N3O2. The lowest BCUT2D eigenvalue weighted by atomic mass is 9.99. The summed E-state index contributed by atoms with van der Waals surface area (Å²) >= 11 is 0. The molecule has 16 heavy (non-hydrogen) atoms. The Hall–Kier alpha value is -0.940. The minimum atomic E-state index is -0.379. The normalized spacial score (nSPS) is 36.5. The van der Waals surface area contributed by atoms with Gasteiger partial charge in [0.1, 0.15) is 6.04 Å². The molecule has 3 atom stereocenters. The van der Waals surface area contributed by atoms with Crippen molar-refractivity contribution in [3.8, 4) is 0 Å². The summed E-state index contributed by atoms with van der Waals surface area (Å²) in [5.74, 6) is -0.380. The average molecular weight is 225 g/mol. The number of nitrogens with zero attached hydrogens (tertiary/aromatic N) is 1. The van der Waals surface area contributed by atoms with Gasteiger partial charge in [0.2, 0.25) is 11.8 Å². The van der Waals surface area contributed by atoms with Crippen molar-refractivity contribution in [2.24, 2.45) is 0 Å². The number of nitrogens with one attached hydrogen (secondary N) is 2. The van der Waals surface area contributed by atoms with Gasteiger partial charge in [-0.2, -0.15) is 0 Å². The summed E-state index contributed by atoms with van der Waals surface area (Å²) in [7, 11) is 0. The Balaban J connectivity index is 1.97. The zero-order valence-corrected chi connectivity index (χ0v) is 9.82. The van der Waals surface area contributed by atoms with E-state index in [0.29, 0.717) is 12.1 Å². The Kier molecular flexibility index (Phi) is 3.25. The molecule has 0 saturated carbocycles. The van der Waals surface area contributed by atoms with E-state index < -0.39 is 0 Å². The van der Waals surface area contributed by atoms with Crippen LogP contribution in [0.5, 0.6) is 0 Å². The molecule has 90 valence electrons. The van der Waals surface area contributed by atoms with Crippen LogP contribution >= 0.6 is 0 Å². The van der Waals surface area contributed by atoms with Gasteiger partial charge in [-0.25, -0.2) is 10.4 Å². The number of hydrazine groups is 1. The molecular weight excluding hydrogens is 206 g/mol. The summed E-state index contributed by atoms with van der Waals surface area (Å²) < 4.78 is 0. The van der Waals surface area contributed by atoms with Gasteiger partial charge in [-0.3, -0.25) is 14.9 Å². The largest absolute Gasteiger partial charge is 0.295 e. The highest BCUT2D eigenvalue weighted by atomic mass is 16.2. The average Bonchev–Trinajstić information content (AvgIpc) is 2.51. The lowest BCUT2D eigenvalue weighted by Crippen LogP contribution is -2.56. The molecule has 0 spiro atoms. The maximum absolute atomic E-state index is 11.5. The second-order valence-corrected chi connectivity index (χ2v) is 4.83. The first-order valence-electron chi connectivity index (χ1n) is 5.96. The minimum Gasteiger partial charge on any atom is -0.295 e. The number of piperidine rings is 1. The molecule has 2 amide bonds. The van der Waals surface area contributed by atoms with Crippen LogP contribution in [-0.2, 0) is 9.59 Å². The van der Waals surface area contributed by atoms with Crippen LogP contribution in [0.1, 0.15) is 39.5 Å². The van der Waals surface area contributed by atoms with Gasteiger partial charge in [0.15, 0.2) is 0 Å². The van der Waals surface area contributed by atoms with Gasteiger partial charge in [0.05, 0.1) is 6.42 Å². The van der Waals surface area contributed by atoms with Gasteiger partial charge >= 0.3 is 0 Å². The topological polar surface area (TPSA) is 61.4 Å². The molecule has 5 nitrogen and oxygen atoms in total. The first-order chi connectivity index (χ1) is 7.58. The fraction of sp³-hybridized carbons (Fsp3) is 0.818. The monoisotopic (exact) mass is 225 g/mol. The van der Waals surface area contributed by atoms with Crippen molar-refractivity contribution in [2.45, 2.75) is 57.7 Å². The van der Waals surface area contributed by atoms with E-state index in [-0.39, 0.29) is 24.3 Å². The third-order valence-corrected chi connectivity index (χ3v) is 3.47. The molecule has 0 aromatic heterocycles. The Labute approximate surface area is 95.5 Å². The van der Waals surface area contributed by atoms with Crippen LogP contribution in [0.4, 0.5) is 0 Å². The lowest BCUT2D eigenvalue weighted by molar-refractivity contribution is -0.126. The van der Waals surface area contributed by atoms with Gasteiger partial charge in [0.25, 0.3) is 0 Å². The molecule has 0 aromatic carbocycles. The zero-order chi connectivity index (χ0) is 11.7.